The molecule has 0 aromatic carbocycles. The summed E-state index contributed by atoms with van der Waals surface area (Å²) in [6, 6.07) is 3.25. The van der Waals surface area contributed by atoms with Crippen molar-refractivity contribution >= 4 is 11.6 Å². The fraction of sp³-hybridized carbons (Fsp3) is 0. The van der Waals surface area contributed by atoms with Crippen LogP contribution in [-0.2, 0) is 0 Å². The minimum absolute atomic E-state index is 0.257. The van der Waals surface area contributed by atoms with Crippen molar-refractivity contribution in [2.24, 2.45) is 5.84 Å². The van der Waals surface area contributed by atoms with Crippen LogP contribution in [0.25, 0.3) is 5.65 Å². The van der Waals surface area contributed by atoms with Crippen LogP contribution in [0.1, 0.15) is 10.5 Å². The van der Waals surface area contributed by atoms with Crippen LogP contribution in [0.3, 0.4) is 0 Å². The number of amides is 1. The molecular formula is C7H7N5O. The number of imidazole rings is 1. The van der Waals surface area contributed by atoms with Gasteiger partial charge in [0, 0.05) is 12.4 Å². The molecule has 0 spiro atoms. The average molecular weight is 177 g/mol. The molecule has 0 aliphatic heterocycles. The SMILES string of the molecule is NNC(=O)c1ccc2nccn2n1. The Balaban J connectivity index is 2.54. The van der Waals surface area contributed by atoms with Crippen LogP contribution < -0.4 is 11.3 Å². The molecule has 13 heavy (non-hydrogen) atoms. The van der Waals surface area contributed by atoms with Gasteiger partial charge in [0.25, 0.3) is 5.91 Å². The van der Waals surface area contributed by atoms with Gasteiger partial charge in [-0.25, -0.2) is 15.3 Å². The highest BCUT2D eigenvalue weighted by molar-refractivity contribution is 5.91. The first-order valence-corrected chi connectivity index (χ1v) is 3.62. The number of hydrazine groups is 1. The van der Waals surface area contributed by atoms with Crippen molar-refractivity contribution in [2.45, 2.75) is 0 Å². The lowest BCUT2D eigenvalue weighted by atomic mass is 10.4. The van der Waals surface area contributed by atoms with Gasteiger partial charge in [0.05, 0.1) is 0 Å². The summed E-state index contributed by atoms with van der Waals surface area (Å²) in [5.74, 6) is 4.54. The minimum Gasteiger partial charge on any atom is -0.289 e. The molecule has 0 saturated carbocycles. The molecule has 2 aromatic heterocycles. The number of hydrogen-bond acceptors (Lipinski definition) is 4. The summed E-state index contributed by atoms with van der Waals surface area (Å²) in [5.41, 5.74) is 2.95. The predicted molar refractivity (Wildman–Crippen MR) is 44.6 cm³/mol. The van der Waals surface area contributed by atoms with Crippen molar-refractivity contribution in [3.8, 4) is 0 Å². The Morgan fingerprint density at radius 3 is 3.15 bits per heavy atom. The maximum Gasteiger partial charge on any atom is 0.285 e. The number of carbonyl (C=O) groups is 1. The van der Waals surface area contributed by atoms with Gasteiger partial charge in [0.2, 0.25) is 0 Å². The highest BCUT2D eigenvalue weighted by Gasteiger charge is 2.05. The zero-order valence-electron chi connectivity index (χ0n) is 6.64. The van der Waals surface area contributed by atoms with Gasteiger partial charge < -0.3 is 0 Å². The fourth-order valence-corrected chi connectivity index (χ4v) is 1.01. The van der Waals surface area contributed by atoms with E-state index in [0.717, 1.165) is 0 Å². The topological polar surface area (TPSA) is 85.3 Å². The van der Waals surface area contributed by atoms with E-state index in [9.17, 15) is 4.79 Å². The van der Waals surface area contributed by atoms with Gasteiger partial charge in [-0.05, 0) is 12.1 Å². The Labute approximate surface area is 73.3 Å². The molecule has 2 aromatic rings. The van der Waals surface area contributed by atoms with Crippen molar-refractivity contribution in [3.05, 3.63) is 30.2 Å². The Morgan fingerprint density at radius 1 is 1.54 bits per heavy atom. The summed E-state index contributed by atoms with van der Waals surface area (Å²) >= 11 is 0. The van der Waals surface area contributed by atoms with E-state index in [4.69, 9.17) is 5.84 Å². The third kappa shape index (κ3) is 1.23. The summed E-state index contributed by atoms with van der Waals surface area (Å²) in [6.07, 6.45) is 3.26. The number of nitrogen functional groups attached to an aromatic ring is 1. The summed E-state index contributed by atoms with van der Waals surface area (Å²) in [7, 11) is 0. The van der Waals surface area contributed by atoms with Gasteiger partial charge in [-0.3, -0.25) is 10.2 Å². The van der Waals surface area contributed by atoms with E-state index in [1.54, 1.807) is 24.5 Å². The molecule has 6 heteroatoms. The molecule has 3 N–H and O–H groups in total. The summed E-state index contributed by atoms with van der Waals surface area (Å²) in [6.45, 7) is 0. The van der Waals surface area contributed by atoms with Gasteiger partial charge in [0.15, 0.2) is 11.3 Å². The van der Waals surface area contributed by atoms with Crippen molar-refractivity contribution in [3.63, 3.8) is 0 Å². The lowest BCUT2D eigenvalue weighted by Crippen LogP contribution is -2.31. The van der Waals surface area contributed by atoms with E-state index in [2.05, 4.69) is 10.1 Å². The number of nitrogens with zero attached hydrogens (tertiary/aromatic N) is 3. The van der Waals surface area contributed by atoms with E-state index in [1.807, 2.05) is 5.43 Å². The second-order valence-corrected chi connectivity index (χ2v) is 2.42. The Bertz CT molecular complexity index is 449. The number of carbonyl (C=O) groups excluding carboxylic acids is 1. The molecule has 2 heterocycles. The monoisotopic (exact) mass is 177 g/mol. The van der Waals surface area contributed by atoms with Gasteiger partial charge >= 0.3 is 0 Å². The lowest BCUT2D eigenvalue weighted by Gasteiger charge is -1.98. The molecule has 0 unspecified atom stereocenters. The second-order valence-electron chi connectivity index (χ2n) is 2.42. The molecule has 2 rings (SSSR count). The molecule has 0 fully saturated rings. The predicted octanol–water partition coefficient (Wildman–Crippen LogP) is -0.667. The first kappa shape index (κ1) is 7.69. The lowest BCUT2D eigenvalue weighted by molar-refractivity contribution is 0.0947. The molecule has 0 radical (unpaired) electrons. The minimum atomic E-state index is -0.421. The normalized spacial score (nSPS) is 10.2. The second kappa shape index (κ2) is 2.83. The third-order valence-electron chi connectivity index (χ3n) is 1.62. The number of hydrogen-bond donors (Lipinski definition) is 2. The number of nitrogens with two attached hydrogens (primary N) is 1. The Kier molecular flexibility index (Phi) is 1.67. The van der Waals surface area contributed by atoms with Crippen LogP contribution in [0.15, 0.2) is 24.5 Å². The van der Waals surface area contributed by atoms with Crippen LogP contribution in [0, 0.1) is 0 Å². The molecule has 0 aliphatic rings. The summed E-state index contributed by atoms with van der Waals surface area (Å²) in [5, 5.41) is 3.97. The first-order valence-electron chi connectivity index (χ1n) is 3.62. The molecule has 1 amide bonds. The quantitative estimate of drug-likeness (QED) is 0.344. The Hall–Kier alpha value is -1.95. The van der Waals surface area contributed by atoms with Crippen LogP contribution in [-0.4, -0.2) is 20.5 Å². The van der Waals surface area contributed by atoms with E-state index in [1.165, 1.54) is 4.52 Å². The summed E-state index contributed by atoms with van der Waals surface area (Å²) < 4.78 is 1.50. The van der Waals surface area contributed by atoms with E-state index in [0.29, 0.717) is 5.65 Å². The maximum absolute atomic E-state index is 11.0. The Morgan fingerprint density at radius 2 is 2.38 bits per heavy atom. The van der Waals surface area contributed by atoms with Crippen LogP contribution in [0.5, 0.6) is 0 Å². The molecule has 0 bridgehead atoms. The molecular weight excluding hydrogens is 170 g/mol. The van der Waals surface area contributed by atoms with Crippen molar-refractivity contribution in [1.29, 1.82) is 0 Å². The van der Waals surface area contributed by atoms with Crippen molar-refractivity contribution in [1.82, 2.24) is 20.0 Å². The standard InChI is InChI=1S/C7H7N5O/c8-10-7(13)5-1-2-6-9-3-4-12(6)11-5/h1-4H,8H2,(H,10,13). The van der Waals surface area contributed by atoms with Crippen molar-refractivity contribution in [2.75, 3.05) is 0 Å². The number of nitrogens with one attached hydrogen (secondary N) is 1. The van der Waals surface area contributed by atoms with Crippen LogP contribution in [0.2, 0.25) is 0 Å². The van der Waals surface area contributed by atoms with Gasteiger partial charge in [-0.1, -0.05) is 0 Å². The summed E-state index contributed by atoms with van der Waals surface area (Å²) in [4.78, 5) is 15.0. The van der Waals surface area contributed by atoms with Crippen LogP contribution >= 0.6 is 0 Å². The smallest absolute Gasteiger partial charge is 0.285 e. The zero-order chi connectivity index (χ0) is 9.26. The fourth-order valence-electron chi connectivity index (χ4n) is 1.01. The number of fused-ring (bicyclic) bond motifs is 1. The van der Waals surface area contributed by atoms with Crippen LogP contribution in [0.4, 0.5) is 0 Å². The molecule has 0 atom stereocenters. The molecule has 66 valence electrons. The van der Waals surface area contributed by atoms with Crippen molar-refractivity contribution < 1.29 is 4.79 Å². The van der Waals surface area contributed by atoms with E-state index >= 15 is 0 Å². The van der Waals surface area contributed by atoms with Gasteiger partial charge in [-0.2, -0.15) is 5.10 Å². The van der Waals surface area contributed by atoms with E-state index < -0.39 is 5.91 Å². The van der Waals surface area contributed by atoms with E-state index in [-0.39, 0.29) is 5.69 Å². The highest BCUT2D eigenvalue weighted by atomic mass is 16.2. The van der Waals surface area contributed by atoms with Gasteiger partial charge in [0.1, 0.15) is 0 Å². The maximum atomic E-state index is 11.0. The molecule has 0 aliphatic carbocycles. The number of aromatic nitrogens is 3. The molecule has 0 saturated heterocycles. The average Bonchev–Trinajstić information content (AvgIpc) is 2.63. The highest BCUT2D eigenvalue weighted by Crippen LogP contribution is 1.99. The third-order valence-corrected chi connectivity index (χ3v) is 1.62. The first-order chi connectivity index (χ1) is 6.31. The largest absolute Gasteiger partial charge is 0.289 e. The zero-order valence-corrected chi connectivity index (χ0v) is 6.64. The molecule has 6 nitrogen and oxygen atoms in total. The van der Waals surface area contributed by atoms with Gasteiger partial charge in [-0.15, -0.1) is 0 Å². The number of rotatable bonds is 1.